The van der Waals surface area contributed by atoms with Gasteiger partial charge in [-0.25, -0.2) is 4.39 Å². The SMILES string of the molecule is O=C(C=Cc1ccc(F)cc1)NCC1CC(O)C1. The van der Waals surface area contributed by atoms with Crippen LogP contribution in [0.4, 0.5) is 4.39 Å². The second-order valence-corrected chi connectivity index (χ2v) is 4.62. The van der Waals surface area contributed by atoms with Crippen LogP contribution in [-0.2, 0) is 4.79 Å². The number of hydrogen-bond donors (Lipinski definition) is 2. The van der Waals surface area contributed by atoms with Gasteiger partial charge in [0.1, 0.15) is 5.82 Å². The lowest BCUT2D eigenvalue weighted by Gasteiger charge is -2.31. The van der Waals surface area contributed by atoms with Gasteiger partial charge in [-0.2, -0.15) is 0 Å². The van der Waals surface area contributed by atoms with E-state index in [2.05, 4.69) is 5.32 Å². The van der Waals surface area contributed by atoms with Crippen LogP contribution in [0, 0.1) is 11.7 Å². The number of rotatable bonds is 4. The summed E-state index contributed by atoms with van der Waals surface area (Å²) in [6, 6.07) is 5.93. The first-order chi connectivity index (χ1) is 8.63. The Bertz CT molecular complexity index is 436. The summed E-state index contributed by atoms with van der Waals surface area (Å²) in [4.78, 5) is 11.5. The van der Waals surface area contributed by atoms with Crippen molar-refractivity contribution in [2.24, 2.45) is 5.92 Å². The molecule has 0 aliphatic heterocycles. The average Bonchev–Trinajstić information content (AvgIpc) is 2.32. The zero-order chi connectivity index (χ0) is 13.0. The molecule has 0 atom stereocenters. The van der Waals surface area contributed by atoms with Gasteiger partial charge in [-0.15, -0.1) is 0 Å². The Balaban J connectivity index is 1.74. The molecule has 1 fully saturated rings. The molecule has 1 saturated carbocycles. The van der Waals surface area contributed by atoms with Crippen molar-refractivity contribution in [1.29, 1.82) is 0 Å². The minimum atomic E-state index is -0.292. The number of aliphatic hydroxyl groups is 1. The van der Waals surface area contributed by atoms with Gasteiger partial charge in [-0.1, -0.05) is 12.1 Å². The fourth-order valence-corrected chi connectivity index (χ4v) is 1.92. The molecule has 2 rings (SSSR count). The van der Waals surface area contributed by atoms with Crippen LogP contribution >= 0.6 is 0 Å². The van der Waals surface area contributed by atoms with Crippen LogP contribution in [0.2, 0.25) is 0 Å². The standard InChI is InChI=1S/C14H16FNO2/c15-12-4-1-10(2-5-12)3-6-14(18)16-9-11-7-13(17)8-11/h1-6,11,13,17H,7-9H2,(H,16,18). The normalized spacial score (nSPS) is 22.8. The summed E-state index contributed by atoms with van der Waals surface area (Å²) < 4.78 is 12.6. The molecule has 18 heavy (non-hydrogen) atoms. The Labute approximate surface area is 105 Å². The number of nitrogens with one attached hydrogen (secondary N) is 1. The van der Waals surface area contributed by atoms with Crippen LogP contribution in [0.5, 0.6) is 0 Å². The molecule has 2 N–H and O–H groups in total. The van der Waals surface area contributed by atoms with Gasteiger partial charge in [0.25, 0.3) is 0 Å². The van der Waals surface area contributed by atoms with Crippen molar-refractivity contribution >= 4 is 12.0 Å². The second kappa shape index (κ2) is 5.78. The molecule has 0 saturated heterocycles. The number of amides is 1. The van der Waals surface area contributed by atoms with Crippen molar-refractivity contribution in [3.05, 3.63) is 41.7 Å². The third kappa shape index (κ3) is 3.67. The summed E-state index contributed by atoms with van der Waals surface area (Å²) >= 11 is 0. The van der Waals surface area contributed by atoms with Gasteiger partial charge in [0, 0.05) is 12.6 Å². The molecule has 1 aliphatic rings. The lowest BCUT2D eigenvalue weighted by molar-refractivity contribution is -0.117. The van der Waals surface area contributed by atoms with E-state index in [9.17, 15) is 9.18 Å². The zero-order valence-corrected chi connectivity index (χ0v) is 9.97. The fraction of sp³-hybridized carbons (Fsp3) is 0.357. The summed E-state index contributed by atoms with van der Waals surface area (Å²) in [5.74, 6) is -0.0657. The van der Waals surface area contributed by atoms with Crippen molar-refractivity contribution in [3.63, 3.8) is 0 Å². The molecule has 1 amide bonds. The van der Waals surface area contributed by atoms with Crippen molar-refractivity contribution < 1.29 is 14.3 Å². The Hall–Kier alpha value is -1.68. The molecule has 0 heterocycles. The van der Waals surface area contributed by atoms with Gasteiger partial charge in [0.05, 0.1) is 6.10 Å². The lowest BCUT2D eigenvalue weighted by Crippen LogP contribution is -2.37. The molecule has 1 aromatic carbocycles. The molecule has 3 nitrogen and oxygen atoms in total. The fourth-order valence-electron chi connectivity index (χ4n) is 1.92. The number of halogens is 1. The van der Waals surface area contributed by atoms with Crippen molar-refractivity contribution in [3.8, 4) is 0 Å². The van der Waals surface area contributed by atoms with E-state index < -0.39 is 0 Å². The largest absolute Gasteiger partial charge is 0.393 e. The lowest BCUT2D eigenvalue weighted by atomic mass is 9.82. The first-order valence-electron chi connectivity index (χ1n) is 6.03. The van der Waals surface area contributed by atoms with Gasteiger partial charge >= 0.3 is 0 Å². The maximum Gasteiger partial charge on any atom is 0.244 e. The van der Waals surface area contributed by atoms with E-state index in [0.29, 0.717) is 12.5 Å². The highest BCUT2D eigenvalue weighted by molar-refractivity contribution is 5.91. The van der Waals surface area contributed by atoms with Gasteiger partial charge in [0.15, 0.2) is 0 Å². The van der Waals surface area contributed by atoms with E-state index in [1.54, 1.807) is 18.2 Å². The van der Waals surface area contributed by atoms with Gasteiger partial charge in [-0.05, 0) is 42.5 Å². The second-order valence-electron chi connectivity index (χ2n) is 4.62. The first-order valence-corrected chi connectivity index (χ1v) is 6.03. The summed E-state index contributed by atoms with van der Waals surface area (Å²) in [5.41, 5.74) is 0.783. The van der Waals surface area contributed by atoms with Crippen LogP contribution < -0.4 is 5.32 Å². The van der Waals surface area contributed by atoms with Crippen molar-refractivity contribution in [1.82, 2.24) is 5.32 Å². The third-order valence-electron chi connectivity index (χ3n) is 3.07. The predicted octanol–water partition coefficient (Wildman–Crippen LogP) is 1.73. The zero-order valence-electron chi connectivity index (χ0n) is 9.97. The Morgan fingerprint density at radius 2 is 2.06 bits per heavy atom. The number of aliphatic hydroxyl groups excluding tert-OH is 1. The maximum atomic E-state index is 12.6. The van der Waals surface area contributed by atoms with E-state index >= 15 is 0 Å². The maximum absolute atomic E-state index is 12.6. The predicted molar refractivity (Wildman–Crippen MR) is 67.2 cm³/mol. The third-order valence-corrected chi connectivity index (χ3v) is 3.07. The molecule has 1 aliphatic carbocycles. The Morgan fingerprint density at radius 1 is 1.39 bits per heavy atom. The van der Waals surface area contributed by atoms with Gasteiger partial charge < -0.3 is 10.4 Å². The van der Waals surface area contributed by atoms with Crippen molar-refractivity contribution in [2.45, 2.75) is 18.9 Å². The highest BCUT2D eigenvalue weighted by Gasteiger charge is 2.26. The number of carbonyl (C=O) groups is 1. The molecule has 1 aromatic rings. The summed E-state index contributed by atoms with van der Waals surface area (Å²) in [5, 5.41) is 11.9. The molecule has 0 bridgehead atoms. The smallest absolute Gasteiger partial charge is 0.244 e. The number of carbonyl (C=O) groups excluding carboxylic acids is 1. The number of benzene rings is 1. The molecule has 0 radical (unpaired) electrons. The molecule has 4 heteroatoms. The average molecular weight is 249 g/mol. The van der Waals surface area contributed by atoms with Gasteiger partial charge in [-0.3, -0.25) is 4.79 Å². The summed E-state index contributed by atoms with van der Waals surface area (Å²) in [6.07, 6.45) is 4.41. The van der Waals surface area contributed by atoms with Crippen molar-refractivity contribution in [2.75, 3.05) is 6.54 Å². The summed E-state index contributed by atoms with van der Waals surface area (Å²) in [7, 11) is 0. The minimum Gasteiger partial charge on any atom is -0.393 e. The Kier molecular flexibility index (Phi) is 4.10. The summed E-state index contributed by atoms with van der Waals surface area (Å²) in [6.45, 7) is 0.601. The van der Waals surface area contributed by atoms with Crippen LogP contribution in [0.3, 0.4) is 0 Å². The molecule has 96 valence electrons. The van der Waals surface area contributed by atoms with Gasteiger partial charge in [0.2, 0.25) is 5.91 Å². The van der Waals surface area contributed by atoms with E-state index in [1.165, 1.54) is 18.2 Å². The highest BCUT2D eigenvalue weighted by Crippen LogP contribution is 2.25. The van der Waals surface area contributed by atoms with Crippen LogP contribution in [-0.4, -0.2) is 23.7 Å². The van der Waals surface area contributed by atoms with Crippen LogP contribution in [0.25, 0.3) is 6.08 Å². The first kappa shape index (κ1) is 12.8. The molecule has 0 aromatic heterocycles. The van der Waals surface area contributed by atoms with E-state index in [-0.39, 0.29) is 17.8 Å². The van der Waals surface area contributed by atoms with E-state index in [1.807, 2.05) is 0 Å². The topological polar surface area (TPSA) is 49.3 Å². The number of hydrogen-bond acceptors (Lipinski definition) is 2. The van der Waals surface area contributed by atoms with Crippen LogP contribution in [0.15, 0.2) is 30.3 Å². The highest BCUT2D eigenvalue weighted by atomic mass is 19.1. The van der Waals surface area contributed by atoms with Crippen LogP contribution in [0.1, 0.15) is 18.4 Å². The van der Waals surface area contributed by atoms with E-state index in [4.69, 9.17) is 5.11 Å². The molecular weight excluding hydrogens is 233 g/mol. The molecular formula is C14H16FNO2. The van der Waals surface area contributed by atoms with E-state index in [0.717, 1.165) is 18.4 Å². The Morgan fingerprint density at radius 3 is 2.67 bits per heavy atom. The monoisotopic (exact) mass is 249 g/mol. The quantitative estimate of drug-likeness (QED) is 0.798. The molecule has 0 spiro atoms. The molecule has 0 unspecified atom stereocenters. The minimum absolute atomic E-state index is 0.166.